The number of halogens is 3. The SMILES string of the molecule is O=C(CCl)CC(=O)Nc1cc(F)cc(F)c1. The van der Waals surface area contributed by atoms with Gasteiger partial charge in [-0.1, -0.05) is 0 Å². The van der Waals surface area contributed by atoms with Gasteiger partial charge in [0, 0.05) is 11.8 Å². The van der Waals surface area contributed by atoms with E-state index < -0.39 is 29.7 Å². The highest BCUT2D eigenvalue weighted by Crippen LogP contribution is 2.13. The summed E-state index contributed by atoms with van der Waals surface area (Å²) < 4.78 is 25.5. The Labute approximate surface area is 95.4 Å². The molecular weight excluding hydrogens is 240 g/mol. The molecule has 0 radical (unpaired) electrons. The van der Waals surface area contributed by atoms with Gasteiger partial charge in [-0.15, -0.1) is 11.6 Å². The van der Waals surface area contributed by atoms with Gasteiger partial charge in [-0.25, -0.2) is 8.78 Å². The number of hydrogen-bond donors (Lipinski definition) is 1. The normalized spacial score (nSPS) is 9.94. The largest absolute Gasteiger partial charge is 0.325 e. The number of ketones is 1. The van der Waals surface area contributed by atoms with Crippen molar-refractivity contribution in [1.82, 2.24) is 0 Å². The molecule has 6 heteroatoms. The summed E-state index contributed by atoms with van der Waals surface area (Å²) in [7, 11) is 0. The maximum atomic E-state index is 12.7. The summed E-state index contributed by atoms with van der Waals surface area (Å²) in [6, 6.07) is 2.58. The van der Waals surface area contributed by atoms with Gasteiger partial charge in [0.05, 0.1) is 12.3 Å². The minimum Gasteiger partial charge on any atom is -0.325 e. The molecule has 0 aliphatic rings. The predicted octanol–water partition coefficient (Wildman–Crippen LogP) is 2.10. The Balaban J connectivity index is 2.66. The van der Waals surface area contributed by atoms with Crippen molar-refractivity contribution in [2.24, 2.45) is 0 Å². The lowest BCUT2D eigenvalue weighted by atomic mass is 10.2. The van der Waals surface area contributed by atoms with E-state index in [9.17, 15) is 18.4 Å². The molecule has 0 aliphatic heterocycles. The number of alkyl halides is 1. The Hall–Kier alpha value is -1.49. The van der Waals surface area contributed by atoms with Crippen molar-refractivity contribution < 1.29 is 18.4 Å². The number of nitrogens with one attached hydrogen (secondary N) is 1. The summed E-state index contributed by atoms with van der Waals surface area (Å²) in [5.41, 5.74) is -0.0372. The average molecular weight is 248 g/mol. The molecular formula is C10H8ClF2NO2. The molecule has 1 amide bonds. The van der Waals surface area contributed by atoms with E-state index in [4.69, 9.17) is 11.6 Å². The summed E-state index contributed by atoms with van der Waals surface area (Å²) in [5.74, 6) is -3.00. The van der Waals surface area contributed by atoms with Crippen molar-refractivity contribution >= 4 is 29.0 Å². The minimum absolute atomic E-state index is 0.0372. The Kier molecular flexibility index (Phi) is 4.37. The molecule has 16 heavy (non-hydrogen) atoms. The molecule has 86 valence electrons. The molecule has 3 nitrogen and oxygen atoms in total. The van der Waals surface area contributed by atoms with Gasteiger partial charge in [0.1, 0.15) is 11.6 Å². The second-order valence-corrected chi connectivity index (χ2v) is 3.32. The molecule has 0 aromatic heterocycles. The summed E-state index contributed by atoms with van der Waals surface area (Å²) in [6.45, 7) is 0. The summed E-state index contributed by atoms with van der Waals surface area (Å²) in [6.07, 6.45) is -0.415. The smallest absolute Gasteiger partial charge is 0.231 e. The molecule has 0 bridgehead atoms. The maximum Gasteiger partial charge on any atom is 0.231 e. The average Bonchev–Trinajstić information content (AvgIpc) is 2.15. The molecule has 0 saturated carbocycles. The lowest BCUT2D eigenvalue weighted by Crippen LogP contribution is -2.17. The van der Waals surface area contributed by atoms with Crippen molar-refractivity contribution in [3.8, 4) is 0 Å². The van der Waals surface area contributed by atoms with Crippen LogP contribution < -0.4 is 5.32 Å². The predicted molar refractivity (Wildman–Crippen MR) is 55.3 cm³/mol. The first-order valence-electron chi connectivity index (χ1n) is 4.35. The lowest BCUT2D eigenvalue weighted by molar-refractivity contribution is -0.124. The molecule has 1 N–H and O–H groups in total. The van der Waals surface area contributed by atoms with Gasteiger partial charge in [-0.3, -0.25) is 9.59 Å². The van der Waals surface area contributed by atoms with Crippen LogP contribution in [-0.2, 0) is 9.59 Å². The monoisotopic (exact) mass is 247 g/mol. The van der Waals surface area contributed by atoms with Crippen LogP contribution in [0.25, 0.3) is 0 Å². The first-order valence-corrected chi connectivity index (χ1v) is 4.88. The zero-order valence-electron chi connectivity index (χ0n) is 8.10. The van der Waals surface area contributed by atoms with Crippen LogP contribution >= 0.6 is 11.6 Å². The third-order valence-corrected chi connectivity index (χ3v) is 1.95. The number of benzene rings is 1. The molecule has 0 atom stereocenters. The van der Waals surface area contributed by atoms with E-state index in [-0.39, 0.29) is 11.6 Å². The molecule has 0 saturated heterocycles. The van der Waals surface area contributed by atoms with E-state index in [2.05, 4.69) is 5.32 Å². The standard InChI is InChI=1S/C10H8ClF2NO2/c11-5-9(15)4-10(16)14-8-2-6(12)1-7(13)3-8/h1-3H,4-5H2,(H,14,16). The number of Topliss-reactive ketones (excluding diaryl/α,β-unsaturated/α-hetero) is 1. The van der Waals surface area contributed by atoms with E-state index in [1.807, 2.05) is 0 Å². The summed E-state index contributed by atoms with van der Waals surface area (Å²) in [5, 5.41) is 2.19. The van der Waals surface area contributed by atoms with Crippen LogP contribution in [0.4, 0.5) is 14.5 Å². The van der Waals surface area contributed by atoms with Gasteiger partial charge in [0.25, 0.3) is 0 Å². The van der Waals surface area contributed by atoms with Gasteiger partial charge >= 0.3 is 0 Å². The number of anilines is 1. The fourth-order valence-electron chi connectivity index (χ4n) is 1.06. The van der Waals surface area contributed by atoms with Crippen LogP contribution in [-0.4, -0.2) is 17.6 Å². The first kappa shape index (κ1) is 12.6. The highest BCUT2D eigenvalue weighted by molar-refractivity contribution is 6.29. The van der Waals surface area contributed by atoms with Gasteiger partial charge in [0.2, 0.25) is 5.91 Å². The molecule has 0 unspecified atom stereocenters. The number of rotatable bonds is 4. The Bertz CT molecular complexity index is 403. The summed E-state index contributed by atoms with van der Waals surface area (Å²) >= 11 is 5.20. The molecule has 1 rings (SSSR count). The number of amides is 1. The first-order chi connectivity index (χ1) is 7.51. The van der Waals surface area contributed by atoms with Crippen molar-refractivity contribution in [1.29, 1.82) is 0 Å². The fraction of sp³-hybridized carbons (Fsp3) is 0.200. The Morgan fingerprint density at radius 1 is 1.19 bits per heavy atom. The molecule has 1 aromatic rings. The van der Waals surface area contributed by atoms with E-state index in [1.165, 1.54) is 0 Å². The number of hydrogen-bond acceptors (Lipinski definition) is 2. The van der Waals surface area contributed by atoms with E-state index >= 15 is 0 Å². The fourth-order valence-corrected chi connectivity index (χ4v) is 1.15. The summed E-state index contributed by atoms with van der Waals surface area (Å²) in [4.78, 5) is 22.0. The topological polar surface area (TPSA) is 46.2 Å². The lowest BCUT2D eigenvalue weighted by Gasteiger charge is -2.04. The van der Waals surface area contributed by atoms with Gasteiger partial charge in [-0.05, 0) is 12.1 Å². The molecule has 0 fully saturated rings. The van der Waals surface area contributed by atoms with Crippen LogP contribution in [0.5, 0.6) is 0 Å². The van der Waals surface area contributed by atoms with Crippen LogP contribution in [0, 0.1) is 11.6 Å². The number of carbonyl (C=O) groups is 2. The van der Waals surface area contributed by atoms with Crippen molar-refractivity contribution in [3.05, 3.63) is 29.8 Å². The second kappa shape index (κ2) is 5.55. The quantitative estimate of drug-likeness (QED) is 0.654. The van der Waals surface area contributed by atoms with Crippen LogP contribution in [0.2, 0.25) is 0 Å². The minimum atomic E-state index is -0.807. The van der Waals surface area contributed by atoms with Crippen molar-refractivity contribution in [2.75, 3.05) is 11.2 Å². The van der Waals surface area contributed by atoms with Crippen molar-refractivity contribution in [3.63, 3.8) is 0 Å². The molecule has 0 heterocycles. The van der Waals surface area contributed by atoms with E-state index in [1.54, 1.807) is 0 Å². The van der Waals surface area contributed by atoms with Crippen LogP contribution in [0.15, 0.2) is 18.2 Å². The van der Waals surface area contributed by atoms with Gasteiger partial charge in [-0.2, -0.15) is 0 Å². The zero-order valence-corrected chi connectivity index (χ0v) is 8.85. The zero-order chi connectivity index (χ0) is 12.1. The van der Waals surface area contributed by atoms with Crippen LogP contribution in [0.1, 0.15) is 6.42 Å². The molecule has 0 aliphatic carbocycles. The highest BCUT2D eigenvalue weighted by atomic mass is 35.5. The highest BCUT2D eigenvalue weighted by Gasteiger charge is 2.09. The van der Waals surface area contributed by atoms with Gasteiger partial charge < -0.3 is 5.32 Å². The molecule has 0 spiro atoms. The molecule has 1 aromatic carbocycles. The third kappa shape index (κ3) is 3.94. The number of carbonyl (C=O) groups excluding carboxylic acids is 2. The van der Waals surface area contributed by atoms with Gasteiger partial charge in [0.15, 0.2) is 5.78 Å². The van der Waals surface area contributed by atoms with Crippen molar-refractivity contribution in [2.45, 2.75) is 6.42 Å². The Morgan fingerprint density at radius 3 is 2.25 bits per heavy atom. The Morgan fingerprint density at radius 2 is 1.75 bits per heavy atom. The second-order valence-electron chi connectivity index (χ2n) is 3.06. The van der Waals surface area contributed by atoms with Crippen LogP contribution in [0.3, 0.4) is 0 Å². The van der Waals surface area contributed by atoms with E-state index in [0.29, 0.717) is 6.07 Å². The maximum absolute atomic E-state index is 12.7. The van der Waals surface area contributed by atoms with E-state index in [0.717, 1.165) is 12.1 Å². The third-order valence-electron chi connectivity index (χ3n) is 1.65.